The van der Waals surface area contributed by atoms with Crippen LogP contribution in [0.2, 0.25) is 0 Å². The van der Waals surface area contributed by atoms with Crippen LogP contribution in [0, 0.1) is 0 Å². The van der Waals surface area contributed by atoms with Crippen molar-refractivity contribution in [1.82, 2.24) is 14.9 Å². The number of amides is 1. The number of aromatic nitrogens is 2. The van der Waals surface area contributed by atoms with Crippen molar-refractivity contribution in [2.75, 3.05) is 27.4 Å². The predicted octanol–water partition coefficient (Wildman–Crippen LogP) is 4.50. The largest absolute Gasteiger partial charge is 0.497 e. The van der Waals surface area contributed by atoms with Gasteiger partial charge in [0, 0.05) is 31.1 Å². The quantitative estimate of drug-likeness (QED) is 0.335. The molecule has 1 aromatic heterocycles. The molecule has 0 fully saturated rings. The van der Waals surface area contributed by atoms with Crippen molar-refractivity contribution in [1.29, 1.82) is 0 Å². The van der Waals surface area contributed by atoms with Gasteiger partial charge in [-0.15, -0.1) is 0 Å². The lowest BCUT2D eigenvalue weighted by Gasteiger charge is -2.11. The summed E-state index contributed by atoms with van der Waals surface area (Å²) in [5.74, 6) is 3.03. The molecule has 7 heteroatoms. The third kappa shape index (κ3) is 5.67. The lowest BCUT2D eigenvalue weighted by Crippen LogP contribution is -2.26. The summed E-state index contributed by atoms with van der Waals surface area (Å²) in [6.45, 7) is 1.83. The van der Waals surface area contributed by atoms with Gasteiger partial charge >= 0.3 is 0 Å². The molecule has 176 valence electrons. The maximum Gasteiger partial charge on any atom is 0.251 e. The molecule has 3 aromatic carbocycles. The molecule has 4 aromatic rings. The maximum absolute atomic E-state index is 12.5. The van der Waals surface area contributed by atoms with E-state index in [1.54, 1.807) is 32.4 Å². The van der Waals surface area contributed by atoms with Gasteiger partial charge in [-0.2, -0.15) is 0 Å². The highest BCUT2D eigenvalue weighted by atomic mass is 16.5. The molecule has 1 amide bonds. The van der Waals surface area contributed by atoms with Crippen LogP contribution in [0.1, 0.15) is 22.6 Å². The number of ether oxygens (including phenoxy) is 3. The highest BCUT2D eigenvalue weighted by molar-refractivity contribution is 5.94. The van der Waals surface area contributed by atoms with Crippen LogP contribution in [-0.4, -0.2) is 42.8 Å². The molecule has 34 heavy (non-hydrogen) atoms. The Labute approximate surface area is 199 Å². The lowest BCUT2D eigenvalue weighted by atomic mass is 10.2. The Balaban J connectivity index is 1.37. The fourth-order valence-electron chi connectivity index (χ4n) is 3.82. The summed E-state index contributed by atoms with van der Waals surface area (Å²) in [5.41, 5.74) is 2.60. The number of methoxy groups -OCH3 is 2. The molecule has 1 heterocycles. The first kappa shape index (κ1) is 23.2. The van der Waals surface area contributed by atoms with E-state index in [0.29, 0.717) is 30.9 Å². The number of carbonyl (C=O) groups is 1. The molecule has 0 saturated carbocycles. The first-order valence-corrected chi connectivity index (χ1v) is 11.3. The van der Waals surface area contributed by atoms with Crippen LogP contribution < -0.4 is 19.5 Å². The predicted molar refractivity (Wildman–Crippen MR) is 132 cm³/mol. The molecule has 0 bridgehead atoms. The molecule has 0 aliphatic heterocycles. The summed E-state index contributed by atoms with van der Waals surface area (Å²) in [6, 6.07) is 22.8. The average molecular weight is 460 g/mol. The average Bonchev–Trinajstić information content (AvgIpc) is 3.24. The van der Waals surface area contributed by atoms with Gasteiger partial charge in [0.15, 0.2) is 0 Å². The number of rotatable bonds is 11. The van der Waals surface area contributed by atoms with Gasteiger partial charge in [0.05, 0.1) is 31.9 Å². The number of hydrogen-bond acceptors (Lipinski definition) is 5. The fourth-order valence-corrected chi connectivity index (χ4v) is 3.82. The van der Waals surface area contributed by atoms with Crippen LogP contribution in [0.5, 0.6) is 17.2 Å². The first-order chi connectivity index (χ1) is 16.7. The normalized spacial score (nSPS) is 10.8. The topological polar surface area (TPSA) is 74.6 Å². The summed E-state index contributed by atoms with van der Waals surface area (Å²) in [4.78, 5) is 17.3. The Morgan fingerprint density at radius 1 is 0.912 bits per heavy atom. The molecule has 1 N–H and O–H groups in total. The summed E-state index contributed by atoms with van der Waals surface area (Å²) in [7, 11) is 3.23. The Morgan fingerprint density at radius 2 is 1.65 bits per heavy atom. The van der Waals surface area contributed by atoms with Crippen molar-refractivity contribution >= 4 is 16.9 Å². The molecule has 0 spiro atoms. The number of para-hydroxylation sites is 2. The number of nitrogens with zero attached hydrogens (tertiary/aromatic N) is 2. The third-order valence-electron chi connectivity index (χ3n) is 5.54. The van der Waals surface area contributed by atoms with Gasteiger partial charge in [0.25, 0.3) is 5.91 Å². The van der Waals surface area contributed by atoms with Crippen LogP contribution in [0.4, 0.5) is 0 Å². The Kier molecular flexibility index (Phi) is 7.65. The minimum absolute atomic E-state index is 0.131. The van der Waals surface area contributed by atoms with E-state index >= 15 is 0 Å². The Bertz CT molecular complexity index is 1250. The van der Waals surface area contributed by atoms with Crippen LogP contribution in [-0.2, 0) is 13.0 Å². The molecule has 7 nitrogen and oxygen atoms in total. The van der Waals surface area contributed by atoms with E-state index in [1.807, 2.05) is 48.5 Å². The minimum Gasteiger partial charge on any atom is -0.497 e. The zero-order valence-electron chi connectivity index (χ0n) is 19.5. The van der Waals surface area contributed by atoms with E-state index in [0.717, 1.165) is 41.3 Å². The second-order valence-electron chi connectivity index (χ2n) is 7.79. The van der Waals surface area contributed by atoms with E-state index in [-0.39, 0.29) is 5.91 Å². The molecule has 0 atom stereocenters. The van der Waals surface area contributed by atoms with E-state index in [4.69, 9.17) is 19.2 Å². The van der Waals surface area contributed by atoms with E-state index in [2.05, 4.69) is 16.0 Å². The maximum atomic E-state index is 12.5. The number of imidazole rings is 1. The van der Waals surface area contributed by atoms with Gasteiger partial charge in [0.2, 0.25) is 0 Å². The standard InChI is InChI=1S/C27H29N3O4/c1-32-21-9-5-8-20(18-21)27(31)28-15-14-26-29-24-12-3-4-13-25(24)30(26)16-7-17-34-23-11-6-10-22(19-23)33-2/h3-6,8-13,18-19H,7,14-17H2,1-2H3,(H,28,31). The Hall–Kier alpha value is -4.00. The van der Waals surface area contributed by atoms with Crippen molar-refractivity contribution in [3.63, 3.8) is 0 Å². The van der Waals surface area contributed by atoms with Gasteiger partial charge in [-0.05, 0) is 48.9 Å². The van der Waals surface area contributed by atoms with Gasteiger partial charge < -0.3 is 24.1 Å². The number of aryl methyl sites for hydroxylation is 1. The number of carbonyl (C=O) groups excluding carboxylic acids is 1. The number of hydrogen-bond donors (Lipinski definition) is 1. The van der Waals surface area contributed by atoms with Gasteiger partial charge in [-0.1, -0.05) is 24.3 Å². The second kappa shape index (κ2) is 11.2. The van der Waals surface area contributed by atoms with Crippen molar-refractivity contribution < 1.29 is 19.0 Å². The van der Waals surface area contributed by atoms with Crippen molar-refractivity contribution in [2.45, 2.75) is 19.4 Å². The van der Waals surface area contributed by atoms with Crippen molar-refractivity contribution in [3.05, 3.63) is 84.2 Å². The van der Waals surface area contributed by atoms with Crippen LogP contribution in [0.15, 0.2) is 72.8 Å². The summed E-state index contributed by atoms with van der Waals surface area (Å²) < 4.78 is 18.6. The van der Waals surface area contributed by atoms with Gasteiger partial charge in [-0.25, -0.2) is 4.98 Å². The molecular weight excluding hydrogens is 430 g/mol. The Morgan fingerprint density at radius 3 is 2.47 bits per heavy atom. The number of fused-ring (bicyclic) bond motifs is 1. The highest BCUT2D eigenvalue weighted by Gasteiger charge is 2.12. The smallest absolute Gasteiger partial charge is 0.251 e. The van der Waals surface area contributed by atoms with Gasteiger partial charge in [0.1, 0.15) is 23.1 Å². The molecule has 0 aliphatic rings. The highest BCUT2D eigenvalue weighted by Crippen LogP contribution is 2.20. The monoisotopic (exact) mass is 459 g/mol. The fraction of sp³-hybridized carbons (Fsp3) is 0.259. The van der Waals surface area contributed by atoms with Gasteiger partial charge in [-0.3, -0.25) is 4.79 Å². The molecule has 0 saturated heterocycles. The van der Waals surface area contributed by atoms with E-state index in [9.17, 15) is 4.79 Å². The zero-order chi connectivity index (χ0) is 23.8. The van der Waals surface area contributed by atoms with Crippen LogP contribution >= 0.6 is 0 Å². The molecular formula is C27H29N3O4. The summed E-state index contributed by atoms with van der Waals surface area (Å²) in [6.07, 6.45) is 1.45. The molecule has 4 rings (SSSR count). The number of benzene rings is 3. The number of nitrogens with one attached hydrogen (secondary N) is 1. The third-order valence-corrected chi connectivity index (χ3v) is 5.54. The van der Waals surface area contributed by atoms with E-state index in [1.165, 1.54) is 0 Å². The molecule has 0 radical (unpaired) electrons. The second-order valence-corrected chi connectivity index (χ2v) is 7.79. The van der Waals surface area contributed by atoms with Crippen LogP contribution in [0.3, 0.4) is 0 Å². The SMILES string of the molecule is COc1cccc(OCCCn2c(CCNC(=O)c3cccc(OC)c3)nc3ccccc32)c1. The van der Waals surface area contributed by atoms with E-state index < -0.39 is 0 Å². The van der Waals surface area contributed by atoms with Crippen molar-refractivity contribution in [2.24, 2.45) is 0 Å². The molecule has 0 unspecified atom stereocenters. The molecule has 0 aliphatic carbocycles. The van der Waals surface area contributed by atoms with Crippen molar-refractivity contribution in [3.8, 4) is 17.2 Å². The van der Waals surface area contributed by atoms with Crippen LogP contribution in [0.25, 0.3) is 11.0 Å². The first-order valence-electron chi connectivity index (χ1n) is 11.3. The zero-order valence-corrected chi connectivity index (χ0v) is 19.5. The minimum atomic E-state index is -0.131. The summed E-state index contributed by atoms with van der Waals surface area (Å²) in [5, 5.41) is 2.99. The summed E-state index contributed by atoms with van der Waals surface area (Å²) >= 11 is 0. The lowest BCUT2D eigenvalue weighted by molar-refractivity contribution is 0.0953.